The summed E-state index contributed by atoms with van der Waals surface area (Å²) in [5.74, 6) is -0.822. The molecule has 0 spiro atoms. The number of nitrogens with zero attached hydrogens (tertiary/aromatic N) is 1. The number of anilines is 1. The third-order valence-corrected chi connectivity index (χ3v) is 3.81. The Bertz CT molecular complexity index is 701. The van der Waals surface area contributed by atoms with Crippen LogP contribution in [0.1, 0.15) is 29.8 Å². The second-order valence-corrected chi connectivity index (χ2v) is 5.73. The van der Waals surface area contributed by atoms with Gasteiger partial charge in [-0.3, -0.25) is 14.6 Å². The highest BCUT2D eigenvalue weighted by molar-refractivity contribution is 6.04. The summed E-state index contributed by atoms with van der Waals surface area (Å²) >= 11 is 0. The number of nitrogens with one attached hydrogen (secondary N) is 2. The number of pyridine rings is 1. The molecule has 24 heavy (non-hydrogen) atoms. The lowest BCUT2D eigenvalue weighted by atomic mass is 10.0. The lowest BCUT2D eigenvalue weighted by Crippen LogP contribution is -2.35. The van der Waals surface area contributed by atoms with E-state index in [4.69, 9.17) is 5.73 Å². The molecular formula is C18H22N4O2. The number of amides is 2. The molecule has 1 aromatic carbocycles. The molecule has 126 valence electrons. The number of para-hydroxylation sites is 1. The van der Waals surface area contributed by atoms with Crippen LogP contribution in [0, 0.1) is 5.92 Å². The first kappa shape index (κ1) is 17.6. The number of hydrogen-bond acceptors (Lipinski definition) is 4. The Morgan fingerprint density at radius 1 is 1.17 bits per heavy atom. The monoisotopic (exact) mass is 326 g/mol. The lowest BCUT2D eigenvalue weighted by Gasteiger charge is -2.17. The number of hydrogen-bond donors (Lipinski definition) is 3. The van der Waals surface area contributed by atoms with Crippen LogP contribution in [-0.2, 0) is 11.3 Å². The molecule has 1 aromatic heterocycles. The van der Waals surface area contributed by atoms with Crippen LogP contribution >= 0.6 is 0 Å². The van der Waals surface area contributed by atoms with E-state index in [0.717, 1.165) is 5.56 Å². The summed E-state index contributed by atoms with van der Waals surface area (Å²) in [4.78, 5) is 28.6. The molecular weight excluding hydrogens is 304 g/mol. The van der Waals surface area contributed by atoms with E-state index in [1.807, 2.05) is 12.1 Å². The summed E-state index contributed by atoms with van der Waals surface area (Å²) in [7, 11) is 0. The summed E-state index contributed by atoms with van der Waals surface area (Å²) in [5, 5.41) is 5.60. The number of benzene rings is 1. The molecule has 2 atom stereocenters. The Balaban J connectivity index is 2.07. The van der Waals surface area contributed by atoms with Gasteiger partial charge in [-0.05, 0) is 30.7 Å². The first-order valence-corrected chi connectivity index (χ1v) is 7.81. The van der Waals surface area contributed by atoms with Gasteiger partial charge >= 0.3 is 0 Å². The van der Waals surface area contributed by atoms with Crippen LogP contribution in [-0.4, -0.2) is 22.8 Å². The molecule has 0 aliphatic heterocycles. The van der Waals surface area contributed by atoms with Crippen molar-refractivity contribution in [2.24, 2.45) is 11.7 Å². The second kappa shape index (κ2) is 8.21. The van der Waals surface area contributed by atoms with Gasteiger partial charge < -0.3 is 16.4 Å². The first-order chi connectivity index (χ1) is 11.5. The zero-order valence-corrected chi connectivity index (χ0v) is 13.8. The minimum Gasteiger partial charge on any atom is -0.348 e. The van der Waals surface area contributed by atoms with Gasteiger partial charge in [0.25, 0.3) is 5.91 Å². The molecule has 2 unspecified atom stereocenters. The van der Waals surface area contributed by atoms with Gasteiger partial charge in [-0.2, -0.15) is 0 Å². The molecule has 2 rings (SSSR count). The minimum atomic E-state index is -0.350. The standard InChI is InChI=1S/C18H22N4O2/c1-12(13(2)19)17(23)22-16-8-4-3-7-15(16)18(24)21-11-14-6-5-9-20-10-14/h3-10,12-13H,11,19H2,1-2H3,(H,21,24)(H,22,23). The predicted octanol–water partition coefficient (Wildman–Crippen LogP) is 1.93. The molecule has 0 saturated heterocycles. The zero-order valence-electron chi connectivity index (χ0n) is 13.8. The molecule has 6 nitrogen and oxygen atoms in total. The molecule has 0 radical (unpaired) electrons. The van der Waals surface area contributed by atoms with E-state index in [9.17, 15) is 9.59 Å². The maximum atomic E-state index is 12.4. The van der Waals surface area contributed by atoms with Crippen molar-refractivity contribution >= 4 is 17.5 Å². The maximum Gasteiger partial charge on any atom is 0.253 e. The molecule has 6 heteroatoms. The van der Waals surface area contributed by atoms with Crippen molar-refractivity contribution in [2.45, 2.75) is 26.4 Å². The van der Waals surface area contributed by atoms with Crippen LogP contribution < -0.4 is 16.4 Å². The summed E-state index contributed by atoms with van der Waals surface area (Å²) in [5.41, 5.74) is 7.54. The predicted molar refractivity (Wildman–Crippen MR) is 93.3 cm³/mol. The topological polar surface area (TPSA) is 97.1 Å². The number of nitrogens with two attached hydrogens (primary N) is 1. The first-order valence-electron chi connectivity index (χ1n) is 7.81. The third kappa shape index (κ3) is 4.63. The number of aromatic nitrogens is 1. The highest BCUT2D eigenvalue weighted by atomic mass is 16.2. The van der Waals surface area contributed by atoms with E-state index in [0.29, 0.717) is 17.8 Å². The zero-order chi connectivity index (χ0) is 17.5. The quantitative estimate of drug-likeness (QED) is 0.755. The smallest absolute Gasteiger partial charge is 0.253 e. The van der Waals surface area contributed by atoms with Gasteiger partial charge in [-0.1, -0.05) is 25.1 Å². The molecule has 0 fully saturated rings. The molecule has 0 aliphatic rings. The van der Waals surface area contributed by atoms with Crippen molar-refractivity contribution in [3.8, 4) is 0 Å². The molecule has 0 saturated carbocycles. The Hall–Kier alpha value is -2.73. The van der Waals surface area contributed by atoms with E-state index in [1.165, 1.54) is 0 Å². The number of carbonyl (C=O) groups is 2. The summed E-state index contributed by atoms with van der Waals surface area (Å²) in [6.45, 7) is 3.90. The normalized spacial score (nSPS) is 13.0. The van der Waals surface area contributed by atoms with Crippen LogP contribution in [0.15, 0.2) is 48.8 Å². The van der Waals surface area contributed by atoms with E-state index in [1.54, 1.807) is 50.5 Å². The average Bonchev–Trinajstić information content (AvgIpc) is 2.60. The fourth-order valence-corrected chi connectivity index (χ4v) is 2.06. The van der Waals surface area contributed by atoms with Crippen molar-refractivity contribution in [1.82, 2.24) is 10.3 Å². The average molecular weight is 326 g/mol. The Kier molecular flexibility index (Phi) is 6.03. The van der Waals surface area contributed by atoms with Crippen LogP contribution in [0.5, 0.6) is 0 Å². The van der Waals surface area contributed by atoms with Gasteiger partial charge in [0.05, 0.1) is 17.2 Å². The van der Waals surface area contributed by atoms with Crippen LogP contribution in [0.25, 0.3) is 0 Å². The number of rotatable bonds is 6. The maximum absolute atomic E-state index is 12.4. The molecule has 1 heterocycles. The van der Waals surface area contributed by atoms with Crippen molar-refractivity contribution < 1.29 is 9.59 Å². The SMILES string of the molecule is CC(N)C(C)C(=O)Nc1ccccc1C(=O)NCc1cccnc1. The molecule has 0 aliphatic carbocycles. The van der Waals surface area contributed by atoms with Crippen LogP contribution in [0.2, 0.25) is 0 Å². The summed E-state index contributed by atoms with van der Waals surface area (Å²) in [6, 6.07) is 10.3. The Morgan fingerprint density at radius 2 is 1.92 bits per heavy atom. The Labute approximate surface area is 141 Å². The van der Waals surface area contributed by atoms with E-state index < -0.39 is 0 Å². The van der Waals surface area contributed by atoms with Gasteiger partial charge in [-0.15, -0.1) is 0 Å². The number of carbonyl (C=O) groups excluding carboxylic acids is 2. The van der Waals surface area contributed by atoms with Gasteiger partial charge in [0, 0.05) is 25.0 Å². The van der Waals surface area contributed by atoms with E-state index in [2.05, 4.69) is 15.6 Å². The van der Waals surface area contributed by atoms with Crippen molar-refractivity contribution in [1.29, 1.82) is 0 Å². The molecule has 4 N–H and O–H groups in total. The summed E-state index contributed by atoms with van der Waals surface area (Å²) in [6.07, 6.45) is 3.37. The molecule has 0 bridgehead atoms. The van der Waals surface area contributed by atoms with Crippen molar-refractivity contribution in [3.63, 3.8) is 0 Å². The highest BCUT2D eigenvalue weighted by Gasteiger charge is 2.19. The fraction of sp³-hybridized carbons (Fsp3) is 0.278. The molecule has 2 amide bonds. The van der Waals surface area contributed by atoms with Crippen molar-refractivity contribution in [3.05, 3.63) is 59.9 Å². The molecule has 2 aromatic rings. The van der Waals surface area contributed by atoms with Gasteiger partial charge in [0.15, 0.2) is 0 Å². The van der Waals surface area contributed by atoms with Crippen LogP contribution in [0.4, 0.5) is 5.69 Å². The third-order valence-electron chi connectivity index (χ3n) is 3.81. The minimum absolute atomic E-state index is 0.211. The van der Waals surface area contributed by atoms with E-state index in [-0.39, 0.29) is 23.8 Å². The summed E-state index contributed by atoms with van der Waals surface area (Å²) < 4.78 is 0. The van der Waals surface area contributed by atoms with Crippen LogP contribution in [0.3, 0.4) is 0 Å². The van der Waals surface area contributed by atoms with Gasteiger partial charge in [-0.25, -0.2) is 0 Å². The lowest BCUT2D eigenvalue weighted by molar-refractivity contribution is -0.119. The highest BCUT2D eigenvalue weighted by Crippen LogP contribution is 2.17. The largest absolute Gasteiger partial charge is 0.348 e. The van der Waals surface area contributed by atoms with Gasteiger partial charge in [0.1, 0.15) is 0 Å². The van der Waals surface area contributed by atoms with Gasteiger partial charge in [0.2, 0.25) is 5.91 Å². The van der Waals surface area contributed by atoms with Crippen molar-refractivity contribution in [2.75, 3.05) is 5.32 Å². The second-order valence-electron chi connectivity index (χ2n) is 5.73. The Morgan fingerprint density at radius 3 is 2.58 bits per heavy atom. The fourth-order valence-electron chi connectivity index (χ4n) is 2.06. The van der Waals surface area contributed by atoms with E-state index >= 15 is 0 Å².